The fraction of sp³-hybridized carbons (Fsp3) is 0.444. The third-order valence-corrected chi connectivity index (χ3v) is 13.2. The van der Waals surface area contributed by atoms with E-state index in [-0.39, 0.29) is 23.7 Å². The largest absolute Gasteiger partial charge is 0.508 e. The first kappa shape index (κ1) is 35.8. The van der Waals surface area contributed by atoms with Gasteiger partial charge in [0.05, 0.1) is 0 Å². The van der Waals surface area contributed by atoms with Crippen molar-refractivity contribution in [3.05, 3.63) is 119 Å². The van der Waals surface area contributed by atoms with Crippen LogP contribution in [0.3, 0.4) is 0 Å². The number of carbonyl (C=O) groups excluding carboxylic acids is 3. The molecule has 2 N–H and O–H groups in total. The second-order valence-electron chi connectivity index (χ2n) is 16.9. The maximum Gasteiger partial charge on any atom is 0.255 e. The summed E-state index contributed by atoms with van der Waals surface area (Å²) in [5, 5.41) is 12.7. The summed E-state index contributed by atoms with van der Waals surface area (Å²) in [5.74, 6) is 1.90. The van der Waals surface area contributed by atoms with Crippen molar-refractivity contribution in [1.82, 2.24) is 20.0 Å². The fourth-order valence-electron chi connectivity index (χ4n) is 10.4. The molecule has 1 spiro atoms. The van der Waals surface area contributed by atoms with Crippen molar-refractivity contribution in [3.8, 4) is 11.5 Å². The average Bonchev–Trinajstić information content (AvgIpc) is 3.47. The third kappa shape index (κ3) is 6.84. The molecule has 3 aromatic rings. The molecule has 286 valence electrons. The normalized spacial score (nSPS) is 27.3. The Labute approximate surface area is 322 Å². The van der Waals surface area contributed by atoms with Crippen molar-refractivity contribution in [1.29, 1.82) is 0 Å². The highest BCUT2D eigenvalue weighted by atomic mass is 16.5. The number of rotatable bonds is 11. The molecule has 4 heterocycles. The molecule has 4 fully saturated rings. The minimum Gasteiger partial charge on any atom is -0.508 e. The van der Waals surface area contributed by atoms with Crippen LogP contribution in [0.4, 0.5) is 0 Å². The molecule has 10 nitrogen and oxygen atoms in total. The maximum atomic E-state index is 13.0. The summed E-state index contributed by atoms with van der Waals surface area (Å²) in [4.78, 5) is 43.4. The summed E-state index contributed by atoms with van der Waals surface area (Å²) in [6, 6.07) is 24.6. The third-order valence-electron chi connectivity index (χ3n) is 13.2. The monoisotopic (exact) mass is 742 g/mol. The second-order valence-corrected chi connectivity index (χ2v) is 16.9. The van der Waals surface area contributed by atoms with Gasteiger partial charge in [-0.05, 0) is 96.2 Å². The van der Waals surface area contributed by atoms with Crippen LogP contribution in [-0.2, 0) is 16.1 Å². The Hall–Kier alpha value is -4.93. The van der Waals surface area contributed by atoms with Gasteiger partial charge in [0.25, 0.3) is 5.91 Å². The van der Waals surface area contributed by atoms with Crippen molar-refractivity contribution in [3.63, 3.8) is 0 Å². The van der Waals surface area contributed by atoms with Crippen molar-refractivity contribution < 1.29 is 29.0 Å². The minimum atomic E-state index is -0.614. The molecule has 3 saturated heterocycles. The predicted octanol–water partition coefficient (Wildman–Crippen LogP) is 5.96. The number of ether oxygens (including phenoxy) is 2. The number of amides is 3. The number of carbonyl (C=O) groups is 3. The molecule has 6 aliphatic rings. The van der Waals surface area contributed by atoms with Gasteiger partial charge in [-0.1, -0.05) is 55.0 Å². The number of hydrogen-bond acceptors (Lipinski definition) is 8. The molecule has 0 aromatic heterocycles. The number of nitrogens with one attached hydrogen (secondary N) is 1. The van der Waals surface area contributed by atoms with E-state index in [1.807, 2.05) is 24.3 Å². The topological polar surface area (TPSA) is 112 Å². The lowest BCUT2D eigenvalue weighted by molar-refractivity contribution is -0.136. The average molecular weight is 743 g/mol. The summed E-state index contributed by atoms with van der Waals surface area (Å²) >= 11 is 0. The molecule has 10 heteroatoms. The van der Waals surface area contributed by atoms with Crippen molar-refractivity contribution in [2.75, 3.05) is 52.5 Å². The molecule has 2 aliphatic carbocycles. The number of hydrogen-bond donors (Lipinski definition) is 2. The molecular formula is C45H50N4O6. The van der Waals surface area contributed by atoms with Crippen LogP contribution in [0.15, 0.2) is 96.3 Å². The van der Waals surface area contributed by atoms with Crippen molar-refractivity contribution in [2.45, 2.75) is 63.5 Å². The Morgan fingerprint density at radius 1 is 0.818 bits per heavy atom. The van der Waals surface area contributed by atoms with Gasteiger partial charge in [0.1, 0.15) is 36.5 Å². The van der Waals surface area contributed by atoms with Crippen LogP contribution in [0.1, 0.15) is 77.9 Å². The van der Waals surface area contributed by atoms with Crippen LogP contribution in [0.25, 0.3) is 0 Å². The molecule has 1 unspecified atom stereocenters. The first-order chi connectivity index (χ1) is 26.7. The van der Waals surface area contributed by atoms with Gasteiger partial charge in [-0.3, -0.25) is 29.5 Å². The summed E-state index contributed by atoms with van der Waals surface area (Å²) in [6.45, 7) is 10.1. The molecule has 3 amide bonds. The van der Waals surface area contributed by atoms with Gasteiger partial charge in [-0.15, -0.1) is 0 Å². The molecule has 4 atom stereocenters. The first-order valence-electron chi connectivity index (χ1n) is 19.9. The van der Waals surface area contributed by atoms with E-state index in [0.29, 0.717) is 54.8 Å². The Balaban J connectivity index is 0.711. The minimum absolute atomic E-state index is 0.0408. The molecular weight excluding hydrogens is 693 g/mol. The standard InChI is InChI=1S/C45H50N4O6/c1-44-18-17-34(50)24-33(44)9-13-37(30-5-3-2-4-6-30)41(44)31-7-10-35(11-8-31)54-21-19-47-26-45(27-47)28-48(29-45)20-22-55-36-12-14-38-32(23-36)25-49(43(38)53)39-15-16-40(51)46-42(39)52/h2-8,10-12,14,17,23-24,37,39,41,50H,9,13,15-16,18-22,25-29H2,1H3,(H,46,51,52)/t37-,39+,41+,44?/m1/s1. The van der Waals surface area contributed by atoms with Gasteiger partial charge in [-0.2, -0.15) is 0 Å². The predicted molar refractivity (Wildman–Crippen MR) is 208 cm³/mol. The lowest BCUT2D eigenvalue weighted by Crippen LogP contribution is -2.72. The Kier molecular flexibility index (Phi) is 9.29. The zero-order chi connectivity index (χ0) is 37.7. The zero-order valence-corrected chi connectivity index (χ0v) is 31.5. The van der Waals surface area contributed by atoms with Crippen LogP contribution in [-0.4, -0.2) is 96.1 Å². The van der Waals surface area contributed by atoms with E-state index in [0.717, 1.165) is 75.6 Å². The Morgan fingerprint density at radius 3 is 2.22 bits per heavy atom. The molecule has 1 saturated carbocycles. The highest BCUT2D eigenvalue weighted by Crippen LogP contribution is 2.59. The summed E-state index contributed by atoms with van der Waals surface area (Å²) < 4.78 is 12.3. The van der Waals surface area contributed by atoms with Gasteiger partial charge in [0, 0.05) is 69.1 Å². The lowest BCUT2D eigenvalue weighted by Gasteiger charge is -2.60. The zero-order valence-electron chi connectivity index (χ0n) is 31.5. The smallest absolute Gasteiger partial charge is 0.255 e. The van der Waals surface area contributed by atoms with Crippen molar-refractivity contribution in [2.24, 2.45) is 10.8 Å². The lowest BCUT2D eigenvalue weighted by atomic mass is 9.54. The number of aliphatic hydroxyl groups excluding tert-OH is 1. The van der Waals surface area contributed by atoms with Gasteiger partial charge in [0.15, 0.2) is 0 Å². The van der Waals surface area contributed by atoms with E-state index in [2.05, 4.69) is 76.6 Å². The van der Waals surface area contributed by atoms with Gasteiger partial charge in [0.2, 0.25) is 11.8 Å². The SMILES string of the molecule is CC12CC=C(O)C=C1CC[C@H](c1ccccc1)[C@@H]2c1ccc(OCCN2CC3(C2)CN(CCOc2ccc4c(c2)CN([C@H]2CCC(=O)NC2=O)C4=O)C3)cc1. The Morgan fingerprint density at radius 2 is 1.51 bits per heavy atom. The van der Waals surface area contributed by atoms with Crippen LogP contribution in [0.5, 0.6) is 11.5 Å². The molecule has 0 radical (unpaired) electrons. The number of nitrogens with zero attached hydrogens (tertiary/aromatic N) is 3. The van der Waals surface area contributed by atoms with Crippen LogP contribution in [0, 0.1) is 10.8 Å². The summed E-state index contributed by atoms with van der Waals surface area (Å²) in [5.41, 5.74) is 5.86. The van der Waals surface area contributed by atoms with Gasteiger partial charge < -0.3 is 19.5 Å². The fourth-order valence-corrected chi connectivity index (χ4v) is 10.4. The summed E-state index contributed by atoms with van der Waals surface area (Å²) in [7, 11) is 0. The van der Waals surface area contributed by atoms with E-state index in [4.69, 9.17) is 9.47 Å². The molecule has 4 aliphatic heterocycles. The highest BCUT2D eigenvalue weighted by Gasteiger charge is 2.51. The van der Waals surface area contributed by atoms with Crippen molar-refractivity contribution >= 4 is 17.7 Å². The Bertz CT molecular complexity index is 2030. The number of benzene rings is 3. The van der Waals surface area contributed by atoms with Crippen LogP contribution < -0.4 is 14.8 Å². The van der Waals surface area contributed by atoms with Crippen LogP contribution in [0.2, 0.25) is 0 Å². The number of aliphatic hydroxyl groups is 1. The molecule has 9 rings (SSSR count). The van der Waals surface area contributed by atoms with E-state index in [9.17, 15) is 19.5 Å². The van der Waals surface area contributed by atoms with E-state index >= 15 is 0 Å². The number of fused-ring (bicyclic) bond motifs is 2. The maximum absolute atomic E-state index is 13.0. The van der Waals surface area contributed by atoms with E-state index in [1.165, 1.54) is 16.7 Å². The number of allylic oxidation sites excluding steroid dienone is 3. The quantitative estimate of drug-likeness (QED) is 0.232. The van der Waals surface area contributed by atoms with E-state index < -0.39 is 11.9 Å². The summed E-state index contributed by atoms with van der Waals surface area (Å²) in [6.07, 6.45) is 7.51. The van der Waals surface area contributed by atoms with Gasteiger partial charge >= 0.3 is 0 Å². The van der Waals surface area contributed by atoms with Crippen LogP contribution >= 0.6 is 0 Å². The second kappa shape index (κ2) is 14.3. The number of piperidine rings is 1. The molecule has 3 aromatic carbocycles. The molecule has 55 heavy (non-hydrogen) atoms. The molecule has 0 bridgehead atoms. The number of likely N-dealkylation sites (tertiary alicyclic amines) is 2. The first-order valence-corrected chi connectivity index (χ1v) is 19.9. The van der Waals surface area contributed by atoms with Gasteiger partial charge in [-0.25, -0.2) is 0 Å². The highest BCUT2D eigenvalue weighted by molar-refractivity contribution is 6.05. The van der Waals surface area contributed by atoms with E-state index in [1.54, 1.807) is 11.0 Å². The number of imide groups is 1.